The molecule has 2 aliphatic rings. The van der Waals surface area contributed by atoms with Crippen molar-refractivity contribution in [2.75, 3.05) is 59.5 Å². The van der Waals surface area contributed by atoms with Crippen LogP contribution in [0.1, 0.15) is 20.3 Å². The van der Waals surface area contributed by atoms with Crippen LogP contribution in [-0.4, -0.2) is 75.4 Å². The van der Waals surface area contributed by atoms with Gasteiger partial charge in [0.15, 0.2) is 0 Å². The van der Waals surface area contributed by atoms with Gasteiger partial charge < -0.3 is 15.0 Å². The fourth-order valence-electron chi connectivity index (χ4n) is 2.31. The number of rotatable bonds is 5. The van der Waals surface area contributed by atoms with E-state index in [0.29, 0.717) is 6.10 Å². The van der Waals surface area contributed by atoms with Crippen molar-refractivity contribution >= 4 is 0 Å². The predicted octanol–water partition coefficient (Wildman–Crippen LogP) is 0.639. The third-order valence-electron chi connectivity index (χ3n) is 3.42. The molecule has 0 aromatic carbocycles. The van der Waals surface area contributed by atoms with Crippen LogP contribution in [0.25, 0.3) is 0 Å². The molecule has 1 N–H and O–H groups in total. The number of likely N-dealkylation sites (tertiary alicyclic amines) is 1. The molecule has 0 aliphatic carbocycles. The summed E-state index contributed by atoms with van der Waals surface area (Å²) in [5.41, 5.74) is 0. The number of hydrogen-bond acceptors (Lipinski definition) is 4. The molecule has 0 unspecified atom stereocenters. The van der Waals surface area contributed by atoms with Crippen LogP contribution in [0.2, 0.25) is 0 Å². The van der Waals surface area contributed by atoms with Gasteiger partial charge in [-0.25, -0.2) is 0 Å². The Balaban J connectivity index is 0.000000686. The molecule has 0 bridgehead atoms. The van der Waals surface area contributed by atoms with Gasteiger partial charge in [-0.1, -0.05) is 13.8 Å². The second kappa shape index (κ2) is 8.86. The normalized spacial score (nSPS) is 22.8. The average molecular weight is 243 g/mol. The molecule has 4 heteroatoms. The zero-order valence-corrected chi connectivity index (χ0v) is 11.7. The Bertz CT molecular complexity index is 178. The van der Waals surface area contributed by atoms with Gasteiger partial charge in [0.25, 0.3) is 0 Å². The standard InChI is InChI=1S/C11H23N3O.C2H6/c1-15-11-9-14(10-11)6-2-5-13-7-3-12-4-8-13;1-2/h11-12H,2-10H2,1H3;1-2H3. The number of ether oxygens (including phenoxy) is 1. The molecular weight excluding hydrogens is 214 g/mol. The maximum Gasteiger partial charge on any atom is 0.0824 e. The highest BCUT2D eigenvalue weighted by Crippen LogP contribution is 2.10. The minimum Gasteiger partial charge on any atom is -0.379 e. The summed E-state index contributed by atoms with van der Waals surface area (Å²) in [4.78, 5) is 5.04. The molecule has 17 heavy (non-hydrogen) atoms. The summed E-state index contributed by atoms with van der Waals surface area (Å²) in [6, 6.07) is 0. The largest absolute Gasteiger partial charge is 0.379 e. The van der Waals surface area contributed by atoms with Crippen LogP contribution in [0.15, 0.2) is 0 Å². The lowest BCUT2D eigenvalue weighted by Gasteiger charge is -2.38. The van der Waals surface area contributed by atoms with Crippen molar-refractivity contribution in [2.45, 2.75) is 26.4 Å². The predicted molar refractivity (Wildman–Crippen MR) is 72.5 cm³/mol. The topological polar surface area (TPSA) is 27.7 Å². The molecule has 0 amide bonds. The Morgan fingerprint density at radius 2 is 1.65 bits per heavy atom. The first-order valence-corrected chi connectivity index (χ1v) is 7.06. The molecular formula is C13H29N3O. The maximum absolute atomic E-state index is 5.25. The van der Waals surface area contributed by atoms with Gasteiger partial charge in [0.2, 0.25) is 0 Å². The summed E-state index contributed by atoms with van der Waals surface area (Å²) in [5, 5.41) is 3.38. The van der Waals surface area contributed by atoms with E-state index in [2.05, 4.69) is 15.1 Å². The molecule has 0 aromatic heterocycles. The van der Waals surface area contributed by atoms with Crippen LogP contribution in [0.4, 0.5) is 0 Å². The summed E-state index contributed by atoms with van der Waals surface area (Å²) >= 11 is 0. The van der Waals surface area contributed by atoms with Crippen molar-refractivity contribution < 1.29 is 4.74 Å². The van der Waals surface area contributed by atoms with Crippen molar-refractivity contribution in [1.29, 1.82) is 0 Å². The second-order valence-corrected chi connectivity index (χ2v) is 4.56. The summed E-state index contributed by atoms with van der Waals surface area (Å²) < 4.78 is 5.25. The maximum atomic E-state index is 5.25. The number of nitrogens with one attached hydrogen (secondary N) is 1. The van der Waals surface area contributed by atoms with Gasteiger partial charge in [-0.2, -0.15) is 0 Å². The van der Waals surface area contributed by atoms with Crippen LogP contribution >= 0.6 is 0 Å². The fourth-order valence-corrected chi connectivity index (χ4v) is 2.31. The number of nitrogens with zero attached hydrogens (tertiary/aromatic N) is 2. The van der Waals surface area contributed by atoms with E-state index >= 15 is 0 Å². The monoisotopic (exact) mass is 243 g/mol. The minimum atomic E-state index is 0.504. The summed E-state index contributed by atoms with van der Waals surface area (Å²) in [6.07, 6.45) is 1.81. The van der Waals surface area contributed by atoms with E-state index in [1.54, 1.807) is 0 Å². The zero-order valence-electron chi connectivity index (χ0n) is 11.7. The van der Waals surface area contributed by atoms with Gasteiger partial charge in [0.05, 0.1) is 6.10 Å². The molecule has 2 saturated heterocycles. The van der Waals surface area contributed by atoms with Gasteiger partial charge in [-0.15, -0.1) is 0 Å². The Morgan fingerprint density at radius 1 is 1.06 bits per heavy atom. The van der Waals surface area contributed by atoms with E-state index < -0.39 is 0 Å². The summed E-state index contributed by atoms with van der Waals surface area (Å²) in [6.45, 7) is 13.5. The molecule has 0 aromatic rings. The first-order chi connectivity index (χ1) is 8.38. The third-order valence-corrected chi connectivity index (χ3v) is 3.42. The molecule has 0 spiro atoms. The SMILES string of the molecule is CC.COC1CN(CCCN2CCNCC2)C1. The number of piperazine rings is 1. The van der Waals surface area contributed by atoms with E-state index in [9.17, 15) is 0 Å². The number of methoxy groups -OCH3 is 1. The van der Waals surface area contributed by atoms with Crippen LogP contribution in [-0.2, 0) is 4.74 Å². The molecule has 0 atom stereocenters. The molecule has 102 valence electrons. The second-order valence-electron chi connectivity index (χ2n) is 4.56. The van der Waals surface area contributed by atoms with Gasteiger partial charge in [-0.05, 0) is 19.5 Å². The molecule has 0 saturated carbocycles. The van der Waals surface area contributed by atoms with Crippen molar-refractivity contribution in [2.24, 2.45) is 0 Å². The van der Waals surface area contributed by atoms with Crippen molar-refractivity contribution in [3.05, 3.63) is 0 Å². The lowest BCUT2D eigenvalue weighted by molar-refractivity contribution is -0.0303. The van der Waals surface area contributed by atoms with E-state index in [0.717, 1.165) is 26.2 Å². The quantitative estimate of drug-likeness (QED) is 0.767. The van der Waals surface area contributed by atoms with Gasteiger partial charge in [-0.3, -0.25) is 4.90 Å². The van der Waals surface area contributed by atoms with Crippen molar-refractivity contribution in [1.82, 2.24) is 15.1 Å². The first kappa shape index (κ1) is 14.9. The van der Waals surface area contributed by atoms with E-state index in [1.807, 2.05) is 21.0 Å². The minimum absolute atomic E-state index is 0.504. The Hall–Kier alpha value is -0.160. The Labute approximate surface area is 106 Å². The average Bonchev–Trinajstić information content (AvgIpc) is 2.36. The van der Waals surface area contributed by atoms with E-state index in [-0.39, 0.29) is 0 Å². The molecule has 2 heterocycles. The van der Waals surface area contributed by atoms with Crippen molar-refractivity contribution in [3.63, 3.8) is 0 Å². The highest BCUT2D eigenvalue weighted by atomic mass is 16.5. The van der Waals surface area contributed by atoms with Crippen molar-refractivity contribution in [3.8, 4) is 0 Å². The summed E-state index contributed by atoms with van der Waals surface area (Å²) in [7, 11) is 1.81. The smallest absolute Gasteiger partial charge is 0.0824 e. The molecule has 2 fully saturated rings. The molecule has 2 rings (SSSR count). The lowest BCUT2D eigenvalue weighted by atomic mass is 10.1. The van der Waals surface area contributed by atoms with E-state index in [1.165, 1.54) is 32.6 Å². The van der Waals surface area contributed by atoms with Crippen LogP contribution in [0.5, 0.6) is 0 Å². The van der Waals surface area contributed by atoms with Crippen LogP contribution < -0.4 is 5.32 Å². The van der Waals surface area contributed by atoms with Crippen LogP contribution in [0.3, 0.4) is 0 Å². The fraction of sp³-hybridized carbons (Fsp3) is 1.00. The number of hydrogen-bond donors (Lipinski definition) is 1. The molecule has 0 radical (unpaired) electrons. The lowest BCUT2D eigenvalue weighted by Crippen LogP contribution is -2.52. The van der Waals surface area contributed by atoms with E-state index in [4.69, 9.17) is 4.74 Å². The van der Waals surface area contributed by atoms with Gasteiger partial charge >= 0.3 is 0 Å². The van der Waals surface area contributed by atoms with Crippen LogP contribution in [0, 0.1) is 0 Å². The van der Waals surface area contributed by atoms with Gasteiger partial charge in [0.1, 0.15) is 0 Å². The Kier molecular flexibility index (Phi) is 7.77. The molecule has 4 nitrogen and oxygen atoms in total. The summed E-state index contributed by atoms with van der Waals surface area (Å²) in [5.74, 6) is 0. The third kappa shape index (κ3) is 5.34. The van der Waals surface area contributed by atoms with Gasteiger partial charge in [0, 0.05) is 46.4 Å². The zero-order chi connectivity index (χ0) is 12.5. The highest BCUT2D eigenvalue weighted by molar-refractivity contribution is 4.80. The Morgan fingerprint density at radius 3 is 2.24 bits per heavy atom. The first-order valence-electron chi connectivity index (χ1n) is 7.06. The highest BCUT2D eigenvalue weighted by Gasteiger charge is 2.25. The molecule has 2 aliphatic heterocycles.